The lowest BCUT2D eigenvalue weighted by Gasteiger charge is -2.32. The van der Waals surface area contributed by atoms with Gasteiger partial charge in [-0.05, 0) is 154 Å². The number of aryl methyl sites for hydroxylation is 3. The van der Waals surface area contributed by atoms with Crippen LogP contribution < -0.4 is 10.5 Å². The van der Waals surface area contributed by atoms with Gasteiger partial charge in [-0.2, -0.15) is 0 Å². The molecule has 0 radical (unpaired) electrons. The predicted octanol–water partition coefficient (Wildman–Crippen LogP) is 12.2. The van der Waals surface area contributed by atoms with Gasteiger partial charge >= 0.3 is 23.9 Å². The zero-order chi connectivity index (χ0) is 50.7. The molecule has 11 heteroatoms. The van der Waals surface area contributed by atoms with Gasteiger partial charge in [-0.1, -0.05) is 96.2 Å². The van der Waals surface area contributed by atoms with Crippen LogP contribution >= 0.6 is 0 Å². The van der Waals surface area contributed by atoms with Crippen LogP contribution in [0.15, 0.2) is 97.1 Å². The smallest absolute Gasteiger partial charge is 0.333 e. The topological polar surface area (TPSA) is 140 Å². The van der Waals surface area contributed by atoms with Crippen molar-refractivity contribution >= 4 is 23.9 Å². The summed E-state index contributed by atoms with van der Waals surface area (Å²) in [5, 5.41) is 0. The monoisotopic (exact) mass is 950 g/mol. The van der Waals surface area contributed by atoms with Gasteiger partial charge in [-0.3, -0.25) is 0 Å². The van der Waals surface area contributed by atoms with E-state index in [-0.39, 0.29) is 67.7 Å². The molecule has 1 aliphatic rings. The average Bonchev–Trinajstić information content (AvgIpc) is 3.33. The molecule has 0 atom stereocenters. The van der Waals surface area contributed by atoms with E-state index in [1.165, 1.54) is 52.4 Å². The Balaban J connectivity index is 1.76. The molecular formula is C58H76FNO9. The van der Waals surface area contributed by atoms with Crippen LogP contribution in [0.2, 0.25) is 0 Å². The van der Waals surface area contributed by atoms with E-state index in [4.69, 9.17) is 29.4 Å². The van der Waals surface area contributed by atoms with Gasteiger partial charge in [0.05, 0.1) is 18.6 Å². The van der Waals surface area contributed by atoms with Crippen LogP contribution in [-0.2, 0) is 57.4 Å². The molecule has 0 aromatic heterocycles. The summed E-state index contributed by atoms with van der Waals surface area (Å²) in [5.41, 5.74) is 12.9. The Labute approximate surface area is 410 Å². The summed E-state index contributed by atoms with van der Waals surface area (Å²) < 4.78 is 45.1. The molecule has 0 aliphatic heterocycles. The number of carbonyl (C=O) groups excluding carboxylic acids is 4. The van der Waals surface area contributed by atoms with Crippen LogP contribution in [0.25, 0.3) is 22.3 Å². The van der Waals surface area contributed by atoms with E-state index in [0.717, 1.165) is 57.7 Å². The number of carbonyl (C=O) groups is 4. The molecule has 0 heterocycles. The van der Waals surface area contributed by atoms with E-state index in [0.29, 0.717) is 49.3 Å². The number of benzene rings is 3. The van der Waals surface area contributed by atoms with Gasteiger partial charge in [0.15, 0.2) is 0 Å². The summed E-state index contributed by atoms with van der Waals surface area (Å²) in [6.07, 6.45) is 12.1. The van der Waals surface area contributed by atoms with Crippen molar-refractivity contribution in [2.75, 3.05) is 39.6 Å². The van der Waals surface area contributed by atoms with Gasteiger partial charge in [-0.25, -0.2) is 23.6 Å². The minimum absolute atomic E-state index is 0.0912. The molecule has 10 nitrogen and oxygen atoms in total. The maximum atomic E-state index is 16.2. The third-order valence-electron chi connectivity index (χ3n) is 12.9. The van der Waals surface area contributed by atoms with Crippen LogP contribution in [0.3, 0.4) is 0 Å². The molecule has 3 aromatic rings. The zero-order valence-corrected chi connectivity index (χ0v) is 42.2. The van der Waals surface area contributed by atoms with Crippen molar-refractivity contribution in [3.05, 3.63) is 125 Å². The third-order valence-corrected chi connectivity index (χ3v) is 12.9. The fourth-order valence-corrected chi connectivity index (χ4v) is 8.59. The van der Waals surface area contributed by atoms with Crippen LogP contribution in [0, 0.1) is 17.2 Å². The fraction of sp³-hybridized carbons (Fsp3) is 0.483. The molecule has 1 fully saturated rings. The normalized spacial score (nSPS) is 14.6. The number of hydrogen-bond acceptors (Lipinski definition) is 10. The van der Waals surface area contributed by atoms with Gasteiger partial charge in [0.2, 0.25) is 0 Å². The van der Waals surface area contributed by atoms with Crippen LogP contribution in [-0.4, -0.2) is 63.5 Å². The van der Waals surface area contributed by atoms with E-state index in [2.05, 4.69) is 52.3 Å². The molecule has 1 aliphatic carbocycles. The highest BCUT2D eigenvalue weighted by atomic mass is 19.1. The summed E-state index contributed by atoms with van der Waals surface area (Å²) in [7, 11) is 0. The van der Waals surface area contributed by atoms with Crippen molar-refractivity contribution < 1.29 is 47.3 Å². The summed E-state index contributed by atoms with van der Waals surface area (Å²) in [4.78, 5) is 49.9. The van der Waals surface area contributed by atoms with E-state index in [1.807, 2.05) is 30.3 Å². The zero-order valence-electron chi connectivity index (χ0n) is 42.2. The average molecular weight is 950 g/mol. The molecule has 0 bridgehead atoms. The lowest BCUT2D eigenvalue weighted by Crippen LogP contribution is -2.46. The van der Waals surface area contributed by atoms with E-state index >= 15 is 4.39 Å². The summed E-state index contributed by atoms with van der Waals surface area (Å²) >= 11 is 0. The number of unbranched alkanes of at least 4 members (excludes halogenated alkanes) is 2. The summed E-state index contributed by atoms with van der Waals surface area (Å²) in [6.45, 7) is 24.8. The maximum absolute atomic E-state index is 16.2. The number of ether oxygens (including phenoxy) is 5. The Morgan fingerprint density at radius 3 is 1.61 bits per heavy atom. The van der Waals surface area contributed by atoms with Gasteiger partial charge in [0, 0.05) is 34.4 Å². The van der Waals surface area contributed by atoms with Crippen LogP contribution in [0.4, 0.5) is 4.39 Å². The molecule has 1 saturated carbocycles. The first-order valence-electron chi connectivity index (χ1n) is 24.6. The second-order valence-electron chi connectivity index (χ2n) is 19.0. The van der Waals surface area contributed by atoms with Crippen molar-refractivity contribution in [3.8, 4) is 28.0 Å². The lowest BCUT2D eigenvalue weighted by molar-refractivity contribution is -0.150. The van der Waals surface area contributed by atoms with E-state index < -0.39 is 29.3 Å². The van der Waals surface area contributed by atoms with Crippen molar-refractivity contribution in [2.24, 2.45) is 17.1 Å². The number of halogens is 1. The van der Waals surface area contributed by atoms with Crippen LogP contribution in [0.5, 0.6) is 5.75 Å². The molecule has 4 rings (SSSR count). The predicted molar refractivity (Wildman–Crippen MR) is 272 cm³/mol. The largest absolute Gasteiger partial charge is 0.492 e. The third kappa shape index (κ3) is 16.7. The first-order chi connectivity index (χ1) is 32.9. The Hall–Kier alpha value is -5.81. The first kappa shape index (κ1) is 55.8. The first-order valence-corrected chi connectivity index (χ1v) is 24.6. The fourth-order valence-electron chi connectivity index (χ4n) is 8.59. The molecule has 0 saturated heterocycles. The van der Waals surface area contributed by atoms with E-state index in [1.54, 1.807) is 19.9 Å². The highest BCUT2D eigenvalue weighted by Gasteiger charge is 2.35. The molecular weight excluding hydrogens is 874 g/mol. The van der Waals surface area contributed by atoms with Gasteiger partial charge < -0.3 is 29.4 Å². The lowest BCUT2D eigenvalue weighted by atomic mass is 9.77. The molecule has 2 N–H and O–H groups in total. The quantitative estimate of drug-likeness (QED) is 0.0324. The SMILES string of the molecule is C=C(C)C(=O)OCCCc1cc(-c2ccc(-c3ccc(C4CCC(CCCCC)CC4)cc3F)c(CC)c2)cc(CCCOC(=O)C(=C)C)c1OCC(CN)(COC(=O)C(=C)C)COC(=O)C(=C)C. The minimum atomic E-state index is -1.19. The van der Waals surface area contributed by atoms with E-state index in [9.17, 15) is 19.2 Å². The number of rotatable bonds is 28. The standard InChI is InChI=1S/C58H76FNO9/c1-11-13-14-17-42-20-22-44(23-21-42)46-25-27-51(52(59)33-46)50-26-24-45(30-43(50)12-2)49-31-47(18-15-28-65-54(61)38(3)4)53(48(32-49)19-16-29-66-55(62)39(5)6)67-35-58(34-60,36-68-56(63)40(7)8)37-69-57(64)41(9)10/h24-27,30-33,42,44H,3,5,7,9,11-23,28-29,34-37,60H2,1-2,4,6,8,10H3. The second kappa shape index (κ2) is 27.4. The molecule has 0 amide bonds. The molecule has 0 unspecified atom stereocenters. The Morgan fingerprint density at radius 1 is 0.623 bits per heavy atom. The van der Waals surface area contributed by atoms with Gasteiger partial charge in [0.25, 0.3) is 0 Å². The number of esters is 4. The summed E-state index contributed by atoms with van der Waals surface area (Å²) in [5.74, 6) is -0.825. The van der Waals surface area contributed by atoms with Crippen molar-refractivity contribution in [1.29, 1.82) is 0 Å². The highest BCUT2D eigenvalue weighted by molar-refractivity contribution is 5.88. The molecule has 374 valence electrons. The Kier molecular flexibility index (Phi) is 22.1. The van der Waals surface area contributed by atoms with Crippen LogP contribution in [0.1, 0.15) is 134 Å². The van der Waals surface area contributed by atoms with Crippen molar-refractivity contribution in [2.45, 2.75) is 131 Å². The van der Waals surface area contributed by atoms with Crippen molar-refractivity contribution in [3.63, 3.8) is 0 Å². The van der Waals surface area contributed by atoms with Crippen molar-refractivity contribution in [1.82, 2.24) is 0 Å². The summed E-state index contributed by atoms with van der Waals surface area (Å²) in [6, 6.07) is 15.9. The maximum Gasteiger partial charge on any atom is 0.333 e. The molecule has 3 aromatic carbocycles. The minimum Gasteiger partial charge on any atom is -0.492 e. The number of hydrogen-bond donors (Lipinski definition) is 1. The molecule has 0 spiro atoms. The highest BCUT2D eigenvalue weighted by Crippen LogP contribution is 2.41. The van der Waals surface area contributed by atoms with Gasteiger partial charge in [-0.15, -0.1) is 0 Å². The number of nitrogens with two attached hydrogens (primary N) is 1. The Morgan fingerprint density at radius 2 is 1.13 bits per heavy atom. The molecule has 69 heavy (non-hydrogen) atoms. The second-order valence-corrected chi connectivity index (χ2v) is 19.0. The Bertz CT molecular complexity index is 2240. The van der Waals surface area contributed by atoms with Gasteiger partial charge in [0.1, 0.15) is 31.4 Å².